The summed E-state index contributed by atoms with van der Waals surface area (Å²) >= 11 is 6.22. The minimum Gasteiger partial charge on any atom is -0.508 e. The number of sulfonamides is 1. The Balaban J connectivity index is 2.10. The van der Waals surface area contributed by atoms with Gasteiger partial charge in [0.15, 0.2) is 0 Å². The summed E-state index contributed by atoms with van der Waals surface area (Å²) in [5.74, 6) is -0.898. The fraction of sp³-hybridized carbons (Fsp3) is 0.0909. The number of aromatic amines is 1. The normalized spacial score (nSPS) is 11.6. The summed E-state index contributed by atoms with van der Waals surface area (Å²) in [6.07, 6.45) is 2.32. The zero-order valence-electron chi connectivity index (χ0n) is 16.8. The first-order valence-electron chi connectivity index (χ1n) is 9.44. The molecule has 164 valence electrons. The van der Waals surface area contributed by atoms with Crippen LogP contribution in [-0.4, -0.2) is 35.2 Å². The molecule has 0 bridgehead atoms. The van der Waals surface area contributed by atoms with Gasteiger partial charge in [0.25, 0.3) is 11.5 Å². The molecule has 4 aromatic rings. The summed E-state index contributed by atoms with van der Waals surface area (Å²) in [4.78, 5) is 28.4. The summed E-state index contributed by atoms with van der Waals surface area (Å²) in [6, 6.07) is 14.6. The Morgan fingerprint density at radius 2 is 1.91 bits per heavy atom. The van der Waals surface area contributed by atoms with Crippen molar-refractivity contribution in [1.29, 1.82) is 0 Å². The number of aromatic hydroxyl groups is 1. The van der Waals surface area contributed by atoms with Crippen LogP contribution in [0.15, 0.2) is 65.6 Å². The van der Waals surface area contributed by atoms with E-state index in [1.807, 2.05) is 4.72 Å². The van der Waals surface area contributed by atoms with E-state index in [0.717, 1.165) is 6.26 Å². The van der Waals surface area contributed by atoms with Crippen molar-refractivity contribution in [3.8, 4) is 16.9 Å². The zero-order chi connectivity index (χ0) is 23.0. The summed E-state index contributed by atoms with van der Waals surface area (Å²) in [5.41, 5.74) is 0.946. The lowest BCUT2D eigenvalue weighted by Gasteiger charge is -2.13. The Morgan fingerprint density at radius 1 is 1.16 bits per heavy atom. The largest absolute Gasteiger partial charge is 0.508 e. The molecule has 3 N–H and O–H groups in total. The number of phenolic OH excluding ortho intramolecular Hbond substituents is 1. The summed E-state index contributed by atoms with van der Waals surface area (Å²) < 4.78 is 27.2. The lowest BCUT2D eigenvalue weighted by atomic mass is 10.0. The number of amides is 1. The molecule has 0 spiro atoms. The first-order valence-corrected chi connectivity index (χ1v) is 11.7. The molecule has 8 nitrogen and oxygen atoms in total. The maximum Gasteiger partial charge on any atom is 0.282 e. The third-order valence-electron chi connectivity index (χ3n) is 4.93. The van der Waals surface area contributed by atoms with Gasteiger partial charge < -0.3 is 14.7 Å². The molecule has 0 fully saturated rings. The van der Waals surface area contributed by atoms with Crippen LogP contribution >= 0.6 is 11.6 Å². The highest BCUT2D eigenvalue weighted by atomic mass is 35.5. The Morgan fingerprint density at radius 3 is 2.59 bits per heavy atom. The number of hydrogen-bond acceptors (Lipinski definition) is 5. The van der Waals surface area contributed by atoms with Crippen molar-refractivity contribution in [3.05, 3.63) is 87.4 Å². The lowest BCUT2D eigenvalue weighted by molar-refractivity contribution is 0.0974. The van der Waals surface area contributed by atoms with Gasteiger partial charge in [-0.1, -0.05) is 29.8 Å². The molecule has 4 rings (SSSR count). The van der Waals surface area contributed by atoms with E-state index in [2.05, 4.69) is 4.98 Å². The average molecular weight is 472 g/mol. The number of nitrogens with zero attached hydrogens (tertiary/aromatic N) is 1. The summed E-state index contributed by atoms with van der Waals surface area (Å²) in [6.45, 7) is 0.0437. The molecule has 0 aliphatic heterocycles. The van der Waals surface area contributed by atoms with Crippen molar-refractivity contribution in [2.45, 2.75) is 6.54 Å². The van der Waals surface area contributed by atoms with Crippen molar-refractivity contribution in [2.75, 3.05) is 6.26 Å². The van der Waals surface area contributed by atoms with Gasteiger partial charge in [-0.2, -0.15) is 0 Å². The zero-order valence-corrected chi connectivity index (χ0v) is 18.4. The van der Waals surface area contributed by atoms with Crippen LogP contribution in [0.4, 0.5) is 0 Å². The Kier molecular flexibility index (Phi) is 5.53. The van der Waals surface area contributed by atoms with Gasteiger partial charge in [0.1, 0.15) is 11.4 Å². The second-order valence-electron chi connectivity index (χ2n) is 7.22. The van der Waals surface area contributed by atoms with Crippen LogP contribution in [0.1, 0.15) is 16.1 Å². The van der Waals surface area contributed by atoms with E-state index in [-0.39, 0.29) is 29.1 Å². The highest BCUT2D eigenvalue weighted by Gasteiger charge is 2.27. The van der Waals surface area contributed by atoms with Gasteiger partial charge >= 0.3 is 0 Å². The number of hydrogen-bond donors (Lipinski definition) is 3. The molecule has 0 aliphatic carbocycles. The second kappa shape index (κ2) is 8.18. The first-order chi connectivity index (χ1) is 15.2. The molecule has 0 unspecified atom stereocenters. The number of H-pyrrole nitrogens is 1. The molecule has 32 heavy (non-hydrogen) atoms. The highest BCUT2D eigenvalue weighted by molar-refractivity contribution is 7.89. The van der Waals surface area contributed by atoms with Crippen molar-refractivity contribution < 1.29 is 18.3 Å². The highest BCUT2D eigenvalue weighted by Crippen LogP contribution is 2.36. The van der Waals surface area contributed by atoms with Gasteiger partial charge in [0.05, 0.1) is 12.8 Å². The molecule has 0 aliphatic rings. The Labute approximate surface area is 188 Å². The monoisotopic (exact) mass is 471 g/mol. The summed E-state index contributed by atoms with van der Waals surface area (Å²) in [7, 11) is -3.90. The number of halogens is 1. The van der Waals surface area contributed by atoms with Crippen molar-refractivity contribution in [1.82, 2.24) is 14.3 Å². The number of aromatic nitrogens is 2. The molecule has 0 saturated heterocycles. The molecule has 2 heterocycles. The number of fused-ring (bicyclic) bond motifs is 1. The van der Waals surface area contributed by atoms with Crippen molar-refractivity contribution >= 4 is 38.4 Å². The van der Waals surface area contributed by atoms with Crippen LogP contribution in [-0.2, 0) is 16.6 Å². The standard InChI is InChI=1S/C22H18ClN3O5S/c1-32(30,31)25-22(29)20-19(15-6-4-10-24-21(15)28)16-11-14(23)8-9-17(16)26(20)12-13-5-2-3-7-18(13)27/h2-11,27H,12H2,1H3,(H,24,28)(H,25,29). The van der Waals surface area contributed by atoms with Crippen LogP contribution in [0.25, 0.3) is 22.0 Å². The van der Waals surface area contributed by atoms with E-state index in [9.17, 15) is 23.1 Å². The maximum absolute atomic E-state index is 13.2. The quantitative estimate of drug-likeness (QED) is 0.413. The summed E-state index contributed by atoms with van der Waals surface area (Å²) in [5, 5.41) is 11.2. The predicted molar refractivity (Wildman–Crippen MR) is 123 cm³/mol. The maximum atomic E-state index is 13.2. The van der Waals surface area contributed by atoms with Crippen LogP contribution < -0.4 is 10.3 Å². The molecule has 2 aromatic carbocycles. The number of pyridine rings is 1. The molecular weight excluding hydrogens is 454 g/mol. The topological polar surface area (TPSA) is 121 Å². The van der Waals surface area contributed by atoms with E-state index >= 15 is 0 Å². The number of phenols is 1. The number of carbonyl (C=O) groups excluding carboxylic acids is 1. The number of para-hydroxylation sites is 1. The van der Waals surface area contributed by atoms with Gasteiger partial charge in [-0.25, -0.2) is 13.1 Å². The first kappa shape index (κ1) is 21.7. The number of nitrogens with one attached hydrogen (secondary N) is 2. The van der Waals surface area contributed by atoms with Crippen molar-refractivity contribution in [2.24, 2.45) is 0 Å². The van der Waals surface area contributed by atoms with Gasteiger partial charge in [-0.05, 0) is 36.4 Å². The fourth-order valence-electron chi connectivity index (χ4n) is 3.65. The molecule has 0 atom stereocenters. The van der Waals surface area contributed by atoms with Gasteiger partial charge in [0.2, 0.25) is 10.0 Å². The Hall–Kier alpha value is -3.56. The van der Waals surface area contributed by atoms with Crippen LogP contribution in [0, 0.1) is 0 Å². The molecular formula is C22H18ClN3O5S. The van der Waals surface area contributed by atoms with E-state index in [1.54, 1.807) is 47.0 Å². The number of carbonyl (C=O) groups is 1. The van der Waals surface area contributed by atoms with Gasteiger partial charge in [-0.3, -0.25) is 9.59 Å². The van der Waals surface area contributed by atoms with Crippen molar-refractivity contribution in [3.63, 3.8) is 0 Å². The SMILES string of the molecule is CS(=O)(=O)NC(=O)c1c(-c2ccc[nH]c2=O)c2cc(Cl)ccc2n1Cc1ccccc1O. The molecule has 10 heteroatoms. The third-order valence-corrected chi connectivity index (χ3v) is 5.72. The van der Waals surface area contributed by atoms with Gasteiger partial charge in [-0.15, -0.1) is 0 Å². The smallest absolute Gasteiger partial charge is 0.282 e. The fourth-order valence-corrected chi connectivity index (χ4v) is 4.26. The average Bonchev–Trinajstić information content (AvgIpc) is 3.02. The number of rotatable bonds is 5. The minimum atomic E-state index is -3.90. The third kappa shape index (κ3) is 4.12. The van der Waals surface area contributed by atoms with E-state index in [4.69, 9.17) is 11.6 Å². The Bertz CT molecular complexity index is 1520. The van der Waals surface area contributed by atoms with E-state index < -0.39 is 21.5 Å². The minimum absolute atomic E-state index is 0.0110. The van der Waals surface area contributed by atoms with Crippen LogP contribution in [0.3, 0.4) is 0 Å². The van der Waals surface area contributed by atoms with Crippen LogP contribution in [0.5, 0.6) is 5.75 Å². The van der Waals surface area contributed by atoms with Crippen LogP contribution in [0.2, 0.25) is 5.02 Å². The van der Waals surface area contributed by atoms with E-state index in [0.29, 0.717) is 21.5 Å². The molecule has 2 aromatic heterocycles. The predicted octanol–water partition coefficient (Wildman–Crippen LogP) is 3.09. The lowest BCUT2D eigenvalue weighted by Crippen LogP contribution is -2.31. The second-order valence-corrected chi connectivity index (χ2v) is 9.40. The molecule has 1 amide bonds. The van der Waals surface area contributed by atoms with E-state index in [1.165, 1.54) is 18.3 Å². The molecule has 0 saturated carbocycles. The molecule has 0 radical (unpaired) electrons. The number of benzene rings is 2. The van der Waals surface area contributed by atoms with Gasteiger partial charge in [0, 0.05) is 38.8 Å².